The molecule has 1 N–H and O–H groups in total. The number of halogens is 2. The van der Waals surface area contributed by atoms with Crippen molar-refractivity contribution >= 4 is 35.0 Å². The molecule has 1 atom stereocenters. The van der Waals surface area contributed by atoms with Crippen molar-refractivity contribution in [2.24, 2.45) is 0 Å². The molecule has 2 aromatic carbocycles. The number of nitrogens with zero attached hydrogens (tertiary/aromatic N) is 3. The van der Waals surface area contributed by atoms with Gasteiger partial charge in [0.2, 0.25) is 0 Å². The van der Waals surface area contributed by atoms with Crippen LogP contribution in [0, 0.1) is 6.92 Å². The molecule has 2 amide bonds. The maximum atomic E-state index is 14.0. The number of piperidine rings is 2. The van der Waals surface area contributed by atoms with Crippen molar-refractivity contribution in [3.63, 3.8) is 0 Å². The first-order valence-corrected chi connectivity index (χ1v) is 15.4. The first-order chi connectivity index (χ1) is 19.1. The van der Waals surface area contributed by atoms with E-state index < -0.39 is 5.54 Å². The number of quaternary nitrogens is 1. The molecule has 0 saturated carbocycles. The van der Waals surface area contributed by atoms with Crippen molar-refractivity contribution in [1.29, 1.82) is 0 Å². The van der Waals surface area contributed by atoms with Crippen molar-refractivity contribution in [3.05, 3.63) is 69.2 Å². The Morgan fingerprint density at radius 3 is 2.20 bits per heavy atom. The second-order valence-electron chi connectivity index (χ2n) is 12.1. The maximum Gasteiger partial charge on any atom is 0.283 e. The molecule has 218 valence electrons. The molecule has 0 aromatic heterocycles. The van der Waals surface area contributed by atoms with Gasteiger partial charge in [0.05, 0.1) is 29.7 Å². The van der Waals surface area contributed by atoms with Gasteiger partial charge in [0.15, 0.2) is 5.54 Å². The number of nitrogens with one attached hydrogen (secondary N) is 1. The maximum absolute atomic E-state index is 14.0. The van der Waals surface area contributed by atoms with Crippen molar-refractivity contribution in [3.8, 4) is 0 Å². The Balaban J connectivity index is 1.65. The summed E-state index contributed by atoms with van der Waals surface area (Å²) in [4.78, 5) is 31.0. The number of hydrogen-bond donors (Lipinski definition) is 1. The van der Waals surface area contributed by atoms with E-state index in [2.05, 4.69) is 5.32 Å². The molecule has 2 aliphatic rings. The van der Waals surface area contributed by atoms with Gasteiger partial charge >= 0.3 is 0 Å². The zero-order valence-corrected chi connectivity index (χ0v) is 26.0. The van der Waals surface area contributed by atoms with Crippen LogP contribution in [0.5, 0.6) is 0 Å². The predicted octanol–water partition coefficient (Wildman–Crippen LogP) is 5.76. The predicted molar refractivity (Wildman–Crippen MR) is 164 cm³/mol. The summed E-state index contributed by atoms with van der Waals surface area (Å²) in [5.41, 5.74) is 2.47. The van der Waals surface area contributed by atoms with Gasteiger partial charge in [-0.3, -0.25) is 9.59 Å². The van der Waals surface area contributed by atoms with Gasteiger partial charge in [-0.05, 0) is 56.0 Å². The number of likely N-dealkylation sites (tertiary alicyclic amines) is 1. The van der Waals surface area contributed by atoms with E-state index in [9.17, 15) is 9.59 Å². The van der Waals surface area contributed by atoms with Crippen LogP contribution in [0.1, 0.15) is 65.9 Å². The highest BCUT2D eigenvalue weighted by Crippen LogP contribution is 2.40. The number of carbonyl (C=O) groups is 2. The Labute approximate surface area is 250 Å². The first kappa shape index (κ1) is 30.8. The summed E-state index contributed by atoms with van der Waals surface area (Å²) in [6.45, 7) is 7.23. The van der Waals surface area contributed by atoms with Gasteiger partial charge in [0.1, 0.15) is 0 Å². The average molecular weight is 589 g/mol. The summed E-state index contributed by atoms with van der Waals surface area (Å²) >= 11 is 12.8. The van der Waals surface area contributed by atoms with Crippen LogP contribution in [0.4, 0.5) is 0 Å². The van der Waals surface area contributed by atoms with Gasteiger partial charge in [-0.1, -0.05) is 47.0 Å². The van der Waals surface area contributed by atoms with Crippen LogP contribution in [0.2, 0.25) is 10.0 Å². The van der Waals surface area contributed by atoms with Crippen LogP contribution < -0.4 is 5.32 Å². The number of benzene rings is 2. The molecule has 0 aliphatic carbocycles. The molecular formula is C32H45Cl2N4O2+. The normalized spacial score (nSPS) is 19.1. The Bertz CT molecular complexity index is 1170. The standard InChI is InChI=1S/C32H45Cl2N4O2/c1-24-8-10-25(11-9-24)30(39)37(4)23-27(26-12-13-28(33)29(34)22-26)14-21-38(19-6-5-7-20-38)32(31(40)36(2)3)15-17-35-18-16-32/h8-13,22,27,35H,5-7,14-21,23H2,1-4H3/q+1. The van der Waals surface area contributed by atoms with E-state index in [4.69, 9.17) is 23.2 Å². The quantitative estimate of drug-likeness (QED) is 0.379. The van der Waals surface area contributed by atoms with Crippen LogP contribution >= 0.6 is 23.2 Å². The first-order valence-electron chi connectivity index (χ1n) is 14.6. The number of likely N-dealkylation sites (N-methyl/N-ethyl adjacent to an activating group) is 2. The van der Waals surface area contributed by atoms with Crippen molar-refractivity contribution in [2.75, 3.05) is 60.4 Å². The number of aryl methyl sites for hydroxylation is 1. The fourth-order valence-electron chi connectivity index (χ4n) is 6.99. The number of amides is 2. The molecule has 8 heteroatoms. The van der Waals surface area contributed by atoms with Crippen molar-refractivity contribution in [1.82, 2.24) is 15.1 Å². The van der Waals surface area contributed by atoms with Crippen LogP contribution in [0.3, 0.4) is 0 Å². The van der Waals surface area contributed by atoms with Gasteiger partial charge in [-0.25, -0.2) is 0 Å². The topological polar surface area (TPSA) is 52.7 Å². The lowest BCUT2D eigenvalue weighted by molar-refractivity contribution is -0.972. The van der Waals surface area contributed by atoms with Gasteiger partial charge in [0.25, 0.3) is 11.8 Å². The number of carbonyl (C=O) groups excluding carboxylic acids is 2. The molecule has 2 heterocycles. The van der Waals surface area contributed by atoms with Gasteiger partial charge in [0, 0.05) is 71.5 Å². The smallest absolute Gasteiger partial charge is 0.283 e. The minimum Gasteiger partial charge on any atom is -0.343 e. The molecule has 0 radical (unpaired) electrons. The third-order valence-electron chi connectivity index (χ3n) is 9.28. The van der Waals surface area contributed by atoms with Crippen molar-refractivity contribution < 1.29 is 14.1 Å². The van der Waals surface area contributed by atoms with E-state index >= 15 is 0 Å². The Morgan fingerprint density at radius 2 is 1.60 bits per heavy atom. The fraction of sp³-hybridized carbons (Fsp3) is 0.562. The van der Waals surface area contributed by atoms with E-state index in [1.165, 1.54) is 6.42 Å². The fourth-order valence-corrected chi connectivity index (χ4v) is 7.30. The lowest BCUT2D eigenvalue weighted by Gasteiger charge is -2.56. The molecule has 2 aliphatic heterocycles. The highest BCUT2D eigenvalue weighted by Gasteiger charge is 2.57. The van der Waals surface area contributed by atoms with Gasteiger partial charge in [-0.15, -0.1) is 0 Å². The Morgan fingerprint density at radius 1 is 0.950 bits per heavy atom. The van der Waals surface area contributed by atoms with Crippen molar-refractivity contribution in [2.45, 2.75) is 56.9 Å². The second kappa shape index (κ2) is 13.2. The summed E-state index contributed by atoms with van der Waals surface area (Å²) in [5.74, 6) is 0.317. The van der Waals surface area contributed by atoms with E-state index in [1.54, 1.807) is 0 Å². The molecule has 1 unspecified atom stereocenters. The molecule has 6 nitrogen and oxygen atoms in total. The minimum atomic E-state index is -0.416. The highest BCUT2D eigenvalue weighted by molar-refractivity contribution is 6.42. The molecular weight excluding hydrogens is 543 g/mol. The summed E-state index contributed by atoms with van der Waals surface area (Å²) in [6, 6.07) is 13.6. The molecule has 4 rings (SSSR count). The largest absolute Gasteiger partial charge is 0.343 e. The third-order valence-corrected chi connectivity index (χ3v) is 10.0. The monoisotopic (exact) mass is 587 g/mol. The summed E-state index contributed by atoms with van der Waals surface area (Å²) in [7, 11) is 5.68. The third kappa shape index (κ3) is 6.51. The number of rotatable bonds is 9. The second-order valence-corrected chi connectivity index (χ2v) is 12.9. The Hall–Kier alpha value is -2.12. The van der Waals surface area contributed by atoms with Crippen LogP contribution in [0.25, 0.3) is 0 Å². The van der Waals surface area contributed by atoms with Crippen LogP contribution in [-0.4, -0.2) is 92.0 Å². The minimum absolute atomic E-state index is 0.00420. The summed E-state index contributed by atoms with van der Waals surface area (Å²) in [6.07, 6.45) is 6.05. The average Bonchev–Trinajstić information content (AvgIpc) is 2.97. The molecule has 40 heavy (non-hydrogen) atoms. The van der Waals surface area contributed by atoms with E-state index in [0.29, 0.717) is 22.2 Å². The molecule has 2 saturated heterocycles. The molecule has 2 fully saturated rings. The Kier molecular flexibility index (Phi) is 10.2. The van der Waals surface area contributed by atoms with Gasteiger partial charge < -0.3 is 19.6 Å². The zero-order chi connectivity index (χ0) is 28.9. The summed E-state index contributed by atoms with van der Waals surface area (Å²) in [5, 5.41) is 4.55. The van der Waals surface area contributed by atoms with E-state index in [0.717, 1.165) is 80.4 Å². The lowest BCUT2D eigenvalue weighted by Crippen LogP contribution is -2.74. The lowest BCUT2D eigenvalue weighted by atomic mass is 9.79. The molecule has 0 spiro atoms. The van der Waals surface area contributed by atoms with Gasteiger partial charge in [-0.2, -0.15) is 0 Å². The zero-order valence-electron chi connectivity index (χ0n) is 24.5. The van der Waals surface area contributed by atoms with E-state index in [-0.39, 0.29) is 17.7 Å². The van der Waals surface area contributed by atoms with E-state index in [1.807, 2.05) is 80.3 Å². The summed E-state index contributed by atoms with van der Waals surface area (Å²) < 4.78 is 0.832. The highest BCUT2D eigenvalue weighted by atomic mass is 35.5. The van der Waals surface area contributed by atoms with Crippen LogP contribution in [0.15, 0.2) is 42.5 Å². The number of hydrogen-bond acceptors (Lipinski definition) is 3. The molecule has 2 aromatic rings. The van der Waals surface area contributed by atoms with Crippen LogP contribution in [-0.2, 0) is 4.79 Å². The molecule has 0 bridgehead atoms. The SMILES string of the molecule is Cc1ccc(C(=O)N(C)CC(CC[N+]2(C3(C(=O)N(C)C)CCNCC3)CCCCC2)c2ccc(Cl)c(Cl)c2)cc1.